The maximum atomic E-state index is 12.3. The molecule has 0 saturated heterocycles. The Morgan fingerprint density at radius 2 is 2.05 bits per heavy atom. The Labute approximate surface area is 129 Å². The number of anilines is 2. The number of nitrogens with one attached hydrogen (secondary N) is 1. The highest BCUT2D eigenvalue weighted by Crippen LogP contribution is 2.19. The molecule has 0 aliphatic heterocycles. The Morgan fingerprint density at radius 3 is 2.77 bits per heavy atom. The lowest BCUT2D eigenvalue weighted by molar-refractivity contribution is 0.0998. The summed E-state index contributed by atoms with van der Waals surface area (Å²) in [6.07, 6.45) is 1.51. The number of amides is 1. The number of hydrogen-bond acceptors (Lipinski definition) is 5. The summed E-state index contributed by atoms with van der Waals surface area (Å²) in [6.45, 7) is 3.42. The lowest BCUT2D eigenvalue weighted by Gasteiger charge is -2.11. The molecule has 0 bridgehead atoms. The Morgan fingerprint density at radius 1 is 1.23 bits per heavy atom. The minimum atomic E-state index is -0.265. The van der Waals surface area contributed by atoms with Gasteiger partial charge in [0.15, 0.2) is 0 Å². The van der Waals surface area contributed by atoms with Gasteiger partial charge < -0.3 is 20.5 Å². The SMILES string of the molecule is CCOCCOc1ccccc1C(=O)Nc1ccc(N)nc1. The van der Waals surface area contributed by atoms with E-state index in [0.717, 1.165) is 0 Å². The van der Waals surface area contributed by atoms with Crippen molar-refractivity contribution >= 4 is 17.4 Å². The predicted molar refractivity (Wildman–Crippen MR) is 85.0 cm³/mol. The van der Waals surface area contributed by atoms with Crippen LogP contribution in [-0.2, 0) is 4.74 Å². The van der Waals surface area contributed by atoms with E-state index < -0.39 is 0 Å². The summed E-state index contributed by atoms with van der Waals surface area (Å²) in [5, 5.41) is 2.76. The second kappa shape index (κ2) is 7.99. The van der Waals surface area contributed by atoms with Crippen LogP contribution in [0.5, 0.6) is 5.75 Å². The quantitative estimate of drug-likeness (QED) is 0.766. The van der Waals surface area contributed by atoms with Crippen molar-refractivity contribution < 1.29 is 14.3 Å². The third-order valence-corrected chi connectivity index (χ3v) is 2.87. The van der Waals surface area contributed by atoms with Crippen LogP contribution in [0.1, 0.15) is 17.3 Å². The predicted octanol–water partition coefficient (Wildman–Crippen LogP) is 2.33. The number of benzene rings is 1. The number of carbonyl (C=O) groups is 1. The fraction of sp³-hybridized carbons (Fsp3) is 0.250. The van der Waals surface area contributed by atoms with E-state index in [1.807, 2.05) is 13.0 Å². The van der Waals surface area contributed by atoms with Crippen molar-refractivity contribution in [2.24, 2.45) is 0 Å². The number of aromatic nitrogens is 1. The van der Waals surface area contributed by atoms with Crippen molar-refractivity contribution in [3.63, 3.8) is 0 Å². The summed E-state index contributed by atoms with van der Waals surface area (Å²) < 4.78 is 10.8. The molecule has 0 aliphatic rings. The molecular formula is C16H19N3O3. The van der Waals surface area contributed by atoms with Gasteiger partial charge in [0.05, 0.1) is 24.1 Å². The van der Waals surface area contributed by atoms with Crippen LogP contribution in [0.15, 0.2) is 42.6 Å². The first kappa shape index (κ1) is 15.8. The molecule has 0 spiro atoms. The molecule has 0 fully saturated rings. The molecular weight excluding hydrogens is 282 g/mol. The Bertz CT molecular complexity index is 614. The molecule has 3 N–H and O–H groups in total. The van der Waals surface area contributed by atoms with E-state index in [4.69, 9.17) is 15.2 Å². The van der Waals surface area contributed by atoms with Gasteiger partial charge in [0, 0.05) is 6.61 Å². The van der Waals surface area contributed by atoms with Crippen LogP contribution >= 0.6 is 0 Å². The molecule has 0 radical (unpaired) electrons. The molecule has 1 aromatic carbocycles. The van der Waals surface area contributed by atoms with Crippen molar-refractivity contribution in [1.82, 2.24) is 4.98 Å². The zero-order chi connectivity index (χ0) is 15.8. The van der Waals surface area contributed by atoms with Crippen molar-refractivity contribution in [1.29, 1.82) is 0 Å². The maximum Gasteiger partial charge on any atom is 0.259 e. The van der Waals surface area contributed by atoms with Gasteiger partial charge in [-0.3, -0.25) is 4.79 Å². The van der Waals surface area contributed by atoms with E-state index in [1.54, 1.807) is 30.3 Å². The van der Waals surface area contributed by atoms with E-state index in [9.17, 15) is 4.79 Å². The number of hydrogen-bond donors (Lipinski definition) is 2. The summed E-state index contributed by atoms with van der Waals surface area (Å²) in [7, 11) is 0. The number of pyridine rings is 1. The van der Waals surface area contributed by atoms with Gasteiger partial charge in [-0.15, -0.1) is 0 Å². The fourth-order valence-electron chi connectivity index (χ4n) is 1.81. The molecule has 0 aliphatic carbocycles. The van der Waals surface area contributed by atoms with Crippen molar-refractivity contribution in [3.8, 4) is 5.75 Å². The number of nitrogens with zero attached hydrogens (tertiary/aromatic N) is 1. The maximum absolute atomic E-state index is 12.3. The number of carbonyl (C=O) groups excluding carboxylic acids is 1. The first-order valence-corrected chi connectivity index (χ1v) is 7.03. The lowest BCUT2D eigenvalue weighted by atomic mass is 10.2. The average molecular weight is 301 g/mol. The first-order chi connectivity index (χ1) is 10.7. The van der Waals surface area contributed by atoms with Gasteiger partial charge in [-0.1, -0.05) is 12.1 Å². The lowest BCUT2D eigenvalue weighted by Crippen LogP contribution is -2.15. The number of nitrogens with two attached hydrogens (primary N) is 1. The second-order valence-corrected chi connectivity index (χ2v) is 4.47. The zero-order valence-electron chi connectivity index (χ0n) is 12.4. The molecule has 0 saturated carbocycles. The molecule has 1 aromatic heterocycles. The number of para-hydroxylation sites is 1. The van der Waals surface area contributed by atoms with Crippen molar-refractivity contribution in [2.45, 2.75) is 6.92 Å². The smallest absolute Gasteiger partial charge is 0.259 e. The van der Waals surface area contributed by atoms with Crippen LogP contribution in [0.3, 0.4) is 0 Å². The molecule has 0 unspecified atom stereocenters. The van der Waals surface area contributed by atoms with Gasteiger partial charge in [-0.2, -0.15) is 0 Å². The monoisotopic (exact) mass is 301 g/mol. The van der Waals surface area contributed by atoms with Gasteiger partial charge in [-0.05, 0) is 31.2 Å². The van der Waals surface area contributed by atoms with Crippen LogP contribution in [0.2, 0.25) is 0 Å². The standard InChI is InChI=1S/C16H19N3O3/c1-2-21-9-10-22-14-6-4-3-5-13(14)16(20)19-12-7-8-15(17)18-11-12/h3-8,11H,2,9-10H2,1H3,(H2,17,18)(H,19,20). The van der Waals surface area contributed by atoms with E-state index in [-0.39, 0.29) is 5.91 Å². The summed E-state index contributed by atoms with van der Waals surface area (Å²) in [4.78, 5) is 16.3. The second-order valence-electron chi connectivity index (χ2n) is 4.47. The van der Waals surface area contributed by atoms with Crippen LogP contribution < -0.4 is 15.8 Å². The summed E-state index contributed by atoms with van der Waals surface area (Å²) in [5.41, 5.74) is 6.54. The number of ether oxygens (including phenoxy) is 2. The first-order valence-electron chi connectivity index (χ1n) is 7.03. The van der Waals surface area contributed by atoms with E-state index in [2.05, 4.69) is 10.3 Å². The summed E-state index contributed by atoms with van der Waals surface area (Å²) in [5.74, 6) is 0.652. The highest BCUT2D eigenvalue weighted by Gasteiger charge is 2.12. The molecule has 6 heteroatoms. The van der Waals surface area contributed by atoms with Crippen molar-refractivity contribution in [2.75, 3.05) is 30.9 Å². The molecule has 116 valence electrons. The molecule has 1 heterocycles. The van der Waals surface area contributed by atoms with Crippen molar-refractivity contribution in [3.05, 3.63) is 48.2 Å². The number of nitrogen functional groups attached to an aromatic ring is 1. The molecule has 1 amide bonds. The molecule has 22 heavy (non-hydrogen) atoms. The van der Waals surface area contributed by atoms with Crippen LogP contribution in [-0.4, -0.2) is 30.7 Å². The molecule has 2 rings (SSSR count). The molecule has 6 nitrogen and oxygen atoms in total. The van der Waals surface area contributed by atoms with Crippen LogP contribution in [0.4, 0.5) is 11.5 Å². The van der Waals surface area contributed by atoms with Gasteiger partial charge in [0.1, 0.15) is 18.2 Å². The Kier molecular flexibility index (Phi) is 5.73. The van der Waals surface area contributed by atoms with E-state index in [1.165, 1.54) is 6.20 Å². The van der Waals surface area contributed by atoms with Crippen LogP contribution in [0.25, 0.3) is 0 Å². The van der Waals surface area contributed by atoms with Crippen LogP contribution in [0, 0.1) is 0 Å². The molecule has 0 atom stereocenters. The van der Waals surface area contributed by atoms with Gasteiger partial charge in [0.2, 0.25) is 0 Å². The Hall–Kier alpha value is -2.60. The summed E-state index contributed by atoms with van der Waals surface area (Å²) in [6, 6.07) is 10.4. The zero-order valence-corrected chi connectivity index (χ0v) is 12.4. The van der Waals surface area contributed by atoms with Gasteiger partial charge >= 0.3 is 0 Å². The third-order valence-electron chi connectivity index (χ3n) is 2.87. The third kappa shape index (κ3) is 4.46. The minimum Gasteiger partial charge on any atom is -0.490 e. The highest BCUT2D eigenvalue weighted by molar-refractivity contribution is 6.06. The van der Waals surface area contributed by atoms with E-state index >= 15 is 0 Å². The number of rotatable bonds is 7. The highest BCUT2D eigenvalue weighted by atomic mass is 16.5. The Balaban J connectivity index is 2.03. The fourth-order valence-corrected chi connectivity index (χ4v) is 1.81. The normalized spacial score (nSPS) is 10.2. The van der Waals surface area contributed by atoms with Gasteiger partial charge in [-0.25, -0.2) is 4.98 Å². The molecule has 2 aromatic rings. The summed E-state index contributed by atoms with van der Waals surface area (Å²) >= 11 is 0. The van der Waals surface area contributed by atoms with E-state index in [0.29, 0.717) is 42.6 Å². The van der Waals surface area contributed by atoms with Gasteiger partial charge in [0.25, 0.3) is 5.91 Å². The minimum absolute atomic E-state index is 0.265. The average Bonchev–Trinajstić information content (AvgIpc) is 2.54. The topological polar surface area (TPSA) is 86.5 Å². The largest absolute Gasteiger partial charge is 0.490 e.